The Morgan fingerprint density at radius 1 is 1.38 bits per heavy atom. The fourth-order valence-electron chi connectivity index (χ4n) is 1.01. The van der Waals surface area contributed by atoms with Crippen LogP contribution in [0.3, 0.4) is 0 Å². The predicted octanol–water partition coefficient (Wildman–Crippen LogP) is 2.17. The van der Waals surface area contributed by atoms with Crippen molar-refractivity contribution in [3.8, 4) is 5.69 Å². The van der Waals surface area contributed by atoms with Crippen molar-refractivity contribution in [1.82, 2.24) is 15.0 Å². The molecule has 0 fully saturated rings. The molecule has 0 atom stereocenters. The summed E-state index contributed by atoms with van der Waals surface area (Å²) >= 11 is 3.24. The molecule has 2 rings (SSSR count). The minimum absolute atomic E-state index is 0.292. The lowest BCUT2D eigenvalue weighted by Crippen LogP contribution is -1.97. The highest BCUT2D eigenvalue weighted by Crippen LogP contribution is 2.14. The van der Waals surface area contributed by atoms with Gasteiger partial charge in [-0.25, -0.2) is 9.07 Å². The van der Waals surface area contributed by atoms with Gasteiger partial charge in [-0.2, -0.15) is 0 Å². The van der Waals surface area contributed by atoms with E-state index in [4.69, 9.17) is 0 Å². The van der Waals surface area contributed by atoms with Crippen LogP contribution in [0.15, 0.2) is 35.1 Å². The van der Waals surface area contributed by atoms with Gasteiger partial charge < -0.3 is 0 Å². The fraction of sp³-hybridized carbons (Fsp3) is 0. The van der Waals surface area contributed by atoms with Gasteiger partial charge in [-0.1, -0.05) is 11.3 Å². The molecule has 66 valence electrons. The molecule has 0 saturated carbocycles. The van der Waals surface area contributed by atoms with Gasteiger partial charge >= 0.3 is 0 Å². The molecular formula is C8H5BrFN3. The van der Waals surface area contributed by atoms with Gasteiger partial charge in [0.1, 0.15) is 10.4 Å². The van der Waals surface area contributed by atoms with Gasteiger partial charge in [0.15, 0.2) is 0 Å². The van der Waals surface area contributed by atoms with E-state index in [-0.39, 0.29) is 5.82 Å². The Kier molecular flexibility index (Phi) is 2.10. The van der Waals surface area contributed by atoms with Crippen LogP contribution in [-0.4, -0.2) is 15.0 Å². The predicted molar refractivity (Wildman–Crippen MR) is 49.0 cm³/mol. The van der Waals surface area contributed by atoms with Gasteiger partial charge in [-0.3, -0.25) is 0 Å². The summed E-state index contributed by atoms with van der Waals surface area (Å²) in [7, 11) is 0. The van der Waals surface area contributed by atoms with Crippen LogP contribution in [-0.2, 0) is 0 Å². The van der Waals surface area contributed by atoms with Crippen molar-refractivity contribution in [2.45, 2.75) is 0 Å². The zero-order chi connectivity index (χ0) is 9.26. The van der Waals surface area contributed by atoms with Gasteiger partial charge in [0.25, 0.3) is 0 Å². The second kappa shape index (κ2) is 3.26. The third-order valence-corrected chi connectivity index (χ3v) is 2.10. The fourth-order valence-corrected chi connectivity index (χ4v) is 1.37. The molecule has 0 amide bonds. The number of hydrogen-bond acceptors (Lipinski definition) is 2. The third-order valence-electron chi connectivity index (χ3n) is 1.56. The van der Waals surface area contributed by atoms with Crippen molar-refractivity contribution in [3.63, 3.8) is 0 Å². The van der Waals surface area contributed by atoms with Gasteiger partial charge in [0.2, 0.25) is 0 Å². The van der Waals surface area contributed by atoms with Crippen molar-refractivity contribution in [1.29, 1.82) is 0 Å². The molecule has 0 radical (unpaired) electrons. The average Bonchev–Trinajstić information content (AvgIpc) is 2.51. The average molecular weight is 242 g/mol. The highest BCUT2D eigenvalue weighted by molar-refractivity contribution is 9.10. The Hall–Kier alpha value is -1.23. The Labute approximate surface area is 82.3 Å². The molecule has 2 aromatic rings. The molecule has 0 aliphatic rings. The van der Waals surface area contributed by atoms with Crippen molar-refractivity contribution < 1.29 is 4.39 Å². The van der Waals surface area contributed by atoms with E-state index in [1.54, 1.807) is 18.3 Å². The highest BCUT2D eigenvalue weighted by atomic mass is 79.9. The number of hydrogen-bond donors (Lipinski definition) is 0. The van der Waals surface area contributed by atoms with Crippen LogP contribution in [0.25, 0.3) is 5.69 Å². The maximum absolute atomic E-state index is 12.8. The standard InChI is InChI=1S/C8H5BrFN3/c9-8-5-11-12-13(8)7-3-1-2-6(10)4-7/h1-5H. The smallest absolute Gasteiger partial charge is 0.130 e. The van der Waals surface area contributed by atoms with E-state index in [0.29, 0.717) is 10.3 Å². The van der Waals surface area contributed by atoms with Crippen LogP contribution < -0.4 is 0 Å². The molecule has 0 bridgehead atoms. The lowest BCUT2D eigenvalue weighted by Gasteiger charge is -2.00. The summed E-state index contributed by atoms with van der Waals surface area (Å²) in [4.78, 5) is 0. The van der Waals surface area contributed by atoms with E-state index in [0.717, 1.165) is 0 Å². The summed E-state index contributed by atoms with van der Waals surface area (Å²) in [6, 6.07) is 6.15. The zero-order valence-corrected chi connectivity index (χ0v) is 8.07. The molecule has 0 unspecified atom stereocenters. The summed E-state index contributed by atoms with van der Waals surface area (Å²) in [5.41, 5.74) is 0.643. The number of nitrogens with zero attached hydrogens (tertiary/aromatic N) is 3. The van der Waals surface area contributed by atoms with Gasteiger partial charge in [-0.15, -0.1) is 5.10 Å². The molecule has 5 heteroatoms. The lowest BCUT2D eigenvalue weighted by molar-refractivity contribution is 0.624. The molecule has 0 saturated heterocycles. The Morgan fingerprint density at radius 3 is 2.85 bits per heavy atom. The van der Waals surface area contributed by atoms with E-state index in [2.05, 4.69) is 26.2 Å². The SMILES string of the molecule is Fc1cccc(-n2nncc2Br)c1. The highest BCUT2D eigenvalue weighted by Gasteiger charge is 2.02. The first-order valence-corrected chi connectivity index (χ1v) is 4.39. The van der Waals surface area contributed by atoms with E-state index in [1.807, 2.05) is 0 Å². The zero-order valence-electron chi connectivity index (χ0n) is 6.48. The van der Waals surface area contributed by atoms with Crippen molar-refractivity contribution >= 4 is 15.9 Å². The normalized spacial score (nSPS) is 10.3. The van der Waals surface area contributed by atoms with Crippen LogP contribution in [0.4, 0.5) is 4.39 Å². The Bertz CT molecular complexity index is 427. The van der Waals surface area contributed by atoms with Gasteiger partial charge in [-0.05, 0) is 34.1 Å². The number of halogens is 2. The van der Waals surface area contributed by atoms with Crippen molar-refractivity contribution in [2.24, 2.45) is 0 Å². The molecule has 1 heterocycles. The molecular weight excluding hydrogens is 237 g/mol. The first kappa shape index (κ1) is 8.37. The molecule has 0 N–H and O–H groups in total. The Balaban J connectivity index is 2.53. The molecule has 1 aromatic carbocycles. The maximum Gasteiger partial charge on any atom is 0.130 e. The first-order valence-electron chi connectivity index (χ1n) is 3.59. The van der Waals surface area contributed by atoms with E-state index >= 15 is 0 Å². The minimum atomic E-state index is -0.292. The summed E-state index contributed by atoms with van der Waals surface area (Å²) < 4.78 is 15.0. The minimum Gasteiger partial charge on any atom is -0.207 e. The number of benzene rings is 1. The largest absolute Gasteiger partial charge is 0.207 e. The monoisotopic (exact) mass is 241 g/mol. The summed E-state index contributed by atoms with van der Waals surface area (Å²) in [6.07, 6.45) is 1.55. The summed E-state index contributed by atoms with van der Waals surface area (Å²) in [6.45, 7) is 0. The molecule has 0 spiro atoms. The summed E-state index contributed by atoms with van der Waals surface area (Å²) in [5.74, 6) is -0.292. The van der Waals surface area contributed by atoms with Gasteiger partial charge in [0, 0.05) is 0 Å². The van der Waals surface area contributed by atoms with Crippen molar-refractivity contribution in [3.05, 3.63) is 40.9 Å². The van der Waals surface area contributed by atoms with Gasteiger partial charge in [0.05, 0.1) is 11.9 Å². The summed E-state index contributed by atoms with van der Waals surface area (Å²) in [5, 5.41) is 7.45. The van der Waals surface area contributed by atoms with E-state index in [1.165, 1.54) is 16.8 Å². The third kappa shape index (κ3) is 1.60. The van der Waals surface area contributed by atoms with Crippen LogP contribution in [0.5, 0.6) is 0 Å². The maximum atomic E-state index is 12.8. The molecule has 0 aliphatic heterocycles. The molecule has 13 heavy (non-hydrogen) atoms. The van der Waals surface area contributed by atoms with Crippen LogP contribution in [0.2, 0.25) is 0 Å². The molecule has 0 aliphatic carbocycles. The molecule has 1 aromatic heterocycles. The second-order valence-electron chi connectivity index (χ2n) is 2.45. The Morgan fingerprint density at radius 2 is 2.23 bits per heavy atom. The second-order valence-corrected chi connectivity index (χ2v) is 3.26. The van der Waals surface area contributed by atoms with E-state index in [9.17, 15) is 4.39 Å². The number of rotatable bonds is 1. The van der Waals surface area contributed by atoms with Crippen LogP contribution >= 0.6 is 15.9 Å². The quantitative estimate of drug-likeness (QED) is 0.767. The van der Waals surface area contributed by atoms with E-state index < -0.39 is 0 Å². The topological polar surface area (TPSA) is 30.7 Å². The number of aromatic nitrogens is 3. The molecule has 3 nitrogen and oxygen atoms in total. The van der Waals surface area contributed by atoms with Crippen molar-refractivity contribution in [2.75, 3.05) is 0 Å². The van der Waals surface area contributed by atoms with Crippen LogP contribution in [0, 0.1) is 5.82 Å². The lowest BCUT2D eigenvalue weighted by atomic mass is 10.3. The van der Waals surface area contributed by atoms with Crippen LogP contribution in [0.1, 0.15) is 0 Å². The first-order chi connectivity index (χ1) is 6.27.